The third kappa shape index (κ3) is 3.64. The van der Waals surface area contributed by atoms with Crippen LogP contribution in [0.3, 0.4) is 0 Å². The molecular weight excluding hydrogens is 312 g/mol. The fraction of sp³-hybridized carbons (Fsp3) is 0.333. The molecule has 1 aromatic carbocycles. The van der Waals surface area contributed by atoms with Gasteiger partial charge in [0.05, 0.1) is 6.04 Å². The summed E-state index contributed by atoms with van der Waals surface area (Å²) in [4.78, 5) is 27.4. The zero-order chi connectivity index (χ0) is 17.1. The summed E-state index contributed by atoms with van der Waals surface area (Å²) in [5.74, 6) is -0.248. The fourth-order valence-corrected chi connectivity index (χ4v) is 3.03. The van der Waals surface area contributed by atoms with Crippen molar-refractivity contribution < 1.29 is 9.59 Å². The molecule has 0 radical (unpaired) electrons. The van der Waals surface area contributed by atoms with Gasteiger partial charge in [-0.15, -0.1) is 0 Å². The molecule has 1 aromatic heterocycles. The van der Waals surface area contributed by atoms with Gasteiger partial charge in [-0.1, -0.05) is 30.7 Å². The summed E-state index contributed by atoms with van der Waals surface area (Å²) in [5, 5.41) is 3.59. The summed E-state index contributed by atoms with van der Waals surface area (Å²) in [6.07, 6.45) is 0.619. The number of rotatable bonds is 5. The van der Waals surface area contributed by atoms with E-state index in [0.29, 0.717) is 22.7 Å². The van der Waals surface area contributed by atoms with Crippen LogP contribution in [-0.4, -0.2) is 16.7 Å². The number of aromatic nitrogens is 1. The maximum Gasteiger partial charge on any atom is 0.268 e. The van der Waals surface area contributed by atoms with E-state index in [2.05, 4.69) is 10.3 Å². The van der Waals surface area contributed by atoms with Gasteiger partial charge in [-0.3, -0.25) is 9.59 Å². The molecule has 2 rings (SSSR count). The average molecular weight is 333 g/mol. The van der Waals surface area contributed by atoms with Gasteiger partial charge in [-0.2, -0.15) is 0 Å². The molecule has 1 amide bonds. The second-order valence-electron chi connectivity index (χ2n) is 5.64. The van der Waals surface area contributed by atoms with Crippen LogP contribution in [0.4, 0.5) is 0 Å². The number of ketones is 1. The van der Waals surface area contributed by atoms with Crippen molar-refractivity contribution in [2.24, 2.45) is 0 Å². The van der Waals surface area contributed by atoms with E-state index in [4.69, 9.17) is 11.6 Å². The number of carbonyl (C=O) groups excluding carboxylic acids is 2. The molecule has 0 aliphatic rings. The number of hydrogen-bond acceptors (Lipinski definition) is 2. The van der Waals surface area contributed by atoms with Gasteiger partial charge in [-0.25, -0.2) is 0 Å². The van der Waals surface area contributed by atoms with E-state index >= 15 is 0 Å². The van der Waals surface area contributed by atoms with Crippen LogP contribution in [0.25, 0.3) is 0 Å². The molecule has 0 saturated heterocycles. The topological polar surface area (TPSA) is 62.0 Å². The summed E-state index contributed by atoms with van der Waals surface area (Å²) < 4.78 is 0. The predicted molar refractivity (Wildman–Crippen MR) is 92.2 cm³/mol. The first kappa shape index (κ1) is 17.3. The highest BCUT2D eigenvalue weighted by atomic mass is 35.5. The molecule has 2 aromatic rings. The van der Waals surface area contributed by atoms with Gasteiger partial charge in [-0.05, 0) is 50.5 Å². The third-order valence-electron chi connectivity index (χ3n) is 3.92. The zero-order valence-electron chi connectivity index (χ0n) is 13.8. The molecule has 0 spiro atoms. The number of halogens is 1. The van der Waals surface area contributed by atoms with Gasteiger partial charge in [0.1, 0.15) is 5.69 Å². The molecule has 1 heterocycles. The van der Waals surface area contributed by atoms with Crippen LogP contribution < -0.4 is 5.32 Å². The average Bonchev–Trinajstić information content (AvgIpc) is 2.84. The molecule has 4 nitrogen and oxygen atoms in total. The summed E-state index contributed by atoms with van der Waals surface area (Å²) >= 11 is 5.99. The van der Waals surface area contributed by atoms with Crippen LogP contribution in [0.1, 0.15) is 64.5 Å². The smallest absolute Gasteiger partial charge is 0.268 e. The highest BCUT2D eigenvalue weighted by Gasteiger charge is 2.22. The predicted octanol–water partition coefficient (Wildman–Crippen LogP) is 4.23. The van der Waals surface area contributed by atoms with E-state index in [9.17, 15) is 9.59 Å². The van der Waals surface area contributed by atoms with Crippen LogP contribution in [0, 0.1) is 6.92 Å². The number of H-pyrrole nitrogens is 1. The SMILES string of the molecule is CCc1c(C(=O)N[C@@H](C)c2cccc(Cl)c2)[nH]c(C)c1C(C)=O. The Kier molecular flexibility index (Phi) is 5.26. The van der Waals surface area contributed by atoms with Crippen molar-refractivity contribution in [3.8, 4) is 0 Å². The number of Topliss-reactive ketones (excluding diaryl/α,β-unsaturated/α-hetero) is 1. The number of benzene rings is 1. The zero-order valence-corrected chi connectivity index (χ0v) is 14.5. The minimum Gasteiger partial charge on any atom is -0.354 e. The monoisotopic (exact) mass is 332 g/mol. The second-order valence-corrected chi connectivity index (χ2v) is 6.07. The van der Waals surface area contributed by atoms with Crippen molar-refractivity contribution in [2.45, 2.75) is 40.2 Å². The first-order valence-corrected chi connectivity index (χ1v) is 8.01. The highest BCUT2D eigenvalue weighted by molar-refractivity contribution is 6.30. The van der Waals surface area contributed by atoms with Crippen LogP contribution in [-0.2, 0) is 6.42 Å². The normalized spacial score (nSPS) is 12.0. The molecule has 5 heteroatoms. The van der Waals surface area contributed by atoms with E-state index in [1.807, 2.05) is 39.0 Å². The number of aryl methyl sites for hydroxylation is 1. The Balaban J connectivity index is 2.27. The largest absolute Gasteiger partial charge is 0.354 e. The summed E-state index contributed by atoms with van der Waals surface area (Å²) in [6.45, 7) is 7.17. The number of aromatic amines is 1. The van der Waals surface area contributed by atoms with E-state index in [1.54, 1.807) is 6.07 Å². The van der Waals surface area contributed by atoms with Crippen molar-refractivity contribution in [3.63, 3.8) is 0 Å². The van der Waals surface area contributed by atoms with Crippen molar-refractivity contribution in [1.29, 1.82) is 0 Å². The number of hydrogen-bond donors (Lipinski definition) is 2. The van der Waals surface area contributed by atoms with E-state index in [-0.39, 0.29) is 17.7 Å². The first-order chi connectivity index (χ1) is 10.8. The molecule has 0 bridgehead atoms. The first-order valence-electron chi connectivity index (χ1n) is 7.63. The molecule has 2 N–H and O–H groups in total. The Hall–Kier alpha value is -2.07. The Bertz CT molecular complexity index is 749. The van der Waals surface area contributed by atoms with E-state index in [1.165, 1.54) is 6.92 Å². The minimum atomic E-state index is -0.218. The molecule has 0 unspecified atom stereocenters. The highest BCUT2D eigenvalue weighted by Crippen LogP contribution is 2.22. The minimum absolute atomic E-state index is 0.0301. The molecule has 1 atom stereocenters. The molecule has 0 saturated carbocycles. The molecule has 0 aliphatic carbocycles. The molecule has 0 aliphatic heterocycles. The summed E-state index contributed by atoms with van der Waals surface area (Å²) in [6, 6.07) is 7.20. The van der Waals surface area contributed by atoms with Crippen molar-refractivity contribution in [1.82, 2.24) is 10.3 Å². The standard InChI is InChI=1S/C18H21ClN2O2/c1-5-15-16(12(4)22)11(3)20-17(15)18(23)21-10(2)13-7-6-8-14(19)9-13/h6-10,20H,5H2,1-4H3,(H,21,23)/t10-/m0/s1. The van der Waals surface area contributed by atoms with Gasteiger partial charge >= 0.3 is 0 Å². The maximum atomic E-state index is 12.6. The Morgan fingerprint density at radius 1 is 1.35 bits per heavy atom. The lowest BCUT2D eigenvalue weighted by Crippen LogP contribution is -2.27. The maximum absolute atomic E-state index is 12.6. The van der Waals surface area contributed by atoms with Crippen molar-refractivity contribution >= 4 is 23.3 Å². The van der Waals surface area contributed by atoms with Crippen LogP contribution >= 0.6 is 11.6 Å². The van der Waals surface area contributed by atoms with Gasteiger partial charge in [0, 0.05) is 16.3 Å². The van der Waals surface area contributed by atoms with Crippen molar-refractivity contribution in [2.75, 3.05) is 0 Å². The van der Waals surface area contributed by atoms with Gasteiger partial charge < -0.3 is 10.3 Å². The van der Waals surface area contributed by atoms with Crippen LogP contribution in [0.2, 0.25) is 5.02 Å². The van der Waals surface area contributed by atoms with E-state index in [0.717, 1.165) is 16.8 Å². The Morgan fingerprint density at radius 3 is 2.61 bits per heavy atom. The third-order valence-corrected chi connectivity index (χ3v) is 4.16. The molecule has 122 valence electrons. The van der Waals surface area contributed by atoms with Crippen LogP contribution in [0.15, 0.2) is 24.3 Å². The van der Waals surface area contributed by atoms with Gasteiger partial charge in [0.25, 0.3) is 5.91 Å². The Labute approximate surface area is 141 Å². The number of nitrogens with one attached hydrogen (secondary N) is 2. The number of carbonyl (C=O) groups is 2. The fourth-order valence-electron chi connectivity index (χ4n) is 2.83. The number of amides is 1. The Morgan fingerprint density at radius 2 is 2.04 bits per heavy atom. The quantitative estimate of drug-likeness (QED) is 0.805. The molecular formula is C18H21ClN2O2. The summed E-state index contributed by atoms with van der Waals surface area (Å²) in [5.41, 5.74) is 3.51. The lowest BCUT2D eigenvalue weighted by atomic mass is 10.0. The van der Waals surface area contributed by atoms with Gasteiger partial charge in [0.2, 0.25) is 0 Å². The van der Waals surface area contributed by atoms with Crippen molar-refractivity contribution in [3.05, 3.63) is 57.4 Å². The van der Waals surface area contributed by atoms with Gasteiger partial charge in [0.15, 0.2) is 5.78 Å². The lowest BCUT2D eigenvalue weighted by molar-refractivity contribution is 0.0934. The van der Waals surface area contributed by atoms with Crippen LogP contribution in [0.5, 0.6) is 0 Å². The van der Waals surface area contributed by atoms with E-state index < -0.39 is 0 Å². The molecule has 0 fully saturated rings. The second kappa shape index (κ2) is 7.01. The summed E-state index contributed by atoms with van der Waals surface area (Å²) in [7, 11) is 0. The lowest BCUT2D eigenvalue weighted by Gasteiger charge is -2.15. The molecule has 23 heavy (non-hydrogen) atoms.